The van der Waals surface area contributed by atoms with Crippen molar-refractivity contribution in [3.05, 3.63) is 52.8 Å². The minimum absolute atomic E-state index is 0.0716. The first-order valence-corrected chi connectivity index (χ1v) is 13.7. The maximum atomic E-state index is 12.5. The van der Waals surface area contributed by atoms with Crippen molar-refractivity contribution in [1.82, 2.24) is 30.1 Å². The number of carbonyl (C=O) groups is 2. The summed E-state index contributed by atoms with van der Waals surface area (Å²) in [5.41, 5.74) is 1.42. The topological polar surface area (TPSA) is 106 Å². The largest absolute Gasteiger partial charge is 0.303 e. The number of Topliss-reactive ketones (excluding diaryl/α,β-unsaturated/α-hetero) is 1. The zero-order valence-electron chi connectivity index (χ0n) is 20.9. The first kappa shape index (κ1) is 26.1. The van der Waals surface area contributed by atoms with E-state index in [0.717, 1.165) is 61.8 Å². The van der Waals surface area contributed by atoms with E-state index in [1.54, 1.807) is 10.9 Å². The average molecular weight is 510 g/mol. The molecule has 192 valence electrons. The molecule has 3 aromatic rings. The van der Waals surface area contributed by atoms with E-state index in [1.807, 2.05) is 30.3 Å². The molecule has 10 heteroatoms. The highest BCUT2D eigenvalue weighted by molar-refractivity contribution is 7.15. The molecule has 0 atom stereocenters. The van der Waals surface area contributed by atoms with Crippen molar-refractivity contribution < 1.29 is 9.59 Å². The van der Waals surface area contributed by atoms with Crippen LogP contribution in [0.3, 0.4) is 0 Å². The number of benzene rings is 1. The number of ketones is 1. The predicted octanol–water partition coefficient (Wildman–Crippen LogP) is 4.03. The summed E-state index contributed by atoms with van der Waals surface area (Å²) in [7, 11) is 0. The first-order chi connectivity index (χ1) is 17.5. The molecule has 0 bridgehead atoms. The van der Waals surface area contributed by atoms with Crippen LogP contribution in [0.5, 0.6) is 0 Å². The quantitative estimate of drug-likeness (QED) is 0.274. The van der Waals surface area contributed by atoms with E-state index in [9.17, 15) is 9.59 Å². The van der Waals surface area contributed by atoms with Gasteiger partial charge in [0.15, 0.2) is 5.78 Å². The summed E-state index contributed by atoms with van der Waals surface area (Å²) in [5.74, 6) is 0.801. The summed E-state index contributed by atoms with van der Waals surface area (Å²) in [6, 6.07) is 9.62. The van der Waals surface area contributed by atoms with Crippen LogP contribution in [0.4, 0.5) is 5.13 Å². The van der Waals surface area contributed by atoms with E-state index in [2.05, 4.69) is 37.6 Å². The Balaban J connectivity index is 1.11. The molecule has 1 aliphatic rings. The van der Waals surface area contributed by atoms with Crippen LogP contribution in [0.1, 0.15) is 66.5 Å². The van der Waals surface area contributed by atoms with Crippen LogP contribution in [0.15, 0.2) is 36.5 Å². The first-order valence-electron chi connectivity index (χ1n) is 12.9. The normalized spacial score (nSPS) is 14.7. The Labute approximate surface area is 216 Å². The summed E-state index contributed by atoms with van der Waals surface area (Å²) in [6.45, 7) is 6.29. The Hall–Kier alpha value is -2.98. The van der Waals surface area contributed by atoms with E-state index in [-0.39, 0.29) is 11.7 Å². The molecule has 3 heterocycles. The smallest absolute Gasteiger partial charge is 0.230 e. The molecular formula is C26H35N7O2S. The Morgan fingerprint density at radius 1 is 1.03 bits per heavy atom. The molecule has 1 aliphatic heterocycles. The molecular weight excluding hydrogens is 474 g/mol. The van der Waals surface area contributed by atoms with E-state index in [0.29, 0.717) is 30.2 Å². The van der Waals surface area contributed by atoms with Gasteiger partial charge in [0.25, 0.3) is 0 Å². The Bertz CT molecular complexity index is 1110. The van der Waals surface area contributed by atoms with Gasteiger partial charge in [0.1, 0.15) is 10.7 Å². The second kappa shape index (κ2) is 13.4. The number of nitrogens with one attached hydrogen (secondary N) is 1. The summed E-state index contributed by atoms with van der Waals surface area (Å²) in [6.07, 6.45) is 8.56. The van der Waals surface area contributed by atoms with Gasteiger partial charge in [-0.1, -0.05) is 53.8 Å². The third-order valence-corrected chi connectivity index (χ3v) is 7.43. The number of hydrogen-bond acceptors (Lipinski definition) is 8. The van der Waals surface area contributed by atoms with Gasteiger partial charge in [0, 0.05) is 19.4 Å². The van der Waals surface area contributed by atoms with Gasteiger partial charge in [-0.2, -0.15) is 0 Å². The van der Waals surface area contributed by atoms with Crippen LogP contribution in [0, 0.1) is 5.92 Å². The highest BCUT2D eigenvalue weighted by Crippen LogP contribution is 2.18. The second-order valence-corrected chi connectivity index (χ2v) is 10.6. The van der Waals surface area contributed by atoms with Crippen molar-refractivity contribution in [2.75, 3.05) is 25.0 Å². The summed E-state index contributed by atoms with van der Waals surface area (Å²) >= 11 is 1.41. The summed E-state index contributed by atoms with van der Waals surface area (Å²) < 4.78 is 1.74. The van der Waals surface area contributed by atoms with E-state index in [1.165, 1.54) is 24.2 Å². The maximum Gasteiger partial charge on any atom is 0.230 e. The lowest BCUT2D eigenvalue weighted by molar-refractivity contribution is -0.115. The standard InChI is InChI=1S/C26H35N7O2S/c1-20-12-16-32(17-13-20)14-7-10-23(34)22-19-33(31-28-22)15-6-5-11-25-29-30-26(36-25)27-24(35)18-21-8-3-2-4-9-21/h2-4,8-9,19-20H,5-7,10-18H2,1H3,(H,27,30,35). The second-order valence-electron chi connectivity index (χ2n) is 9.59. The lowest BCUT2D eigenvalue weighted by Gasteiger charge is -2.29. The number of amides is 1. The van der Waals surface area contributed by atoms with Gasteiger partial charge >= 0.3 is 0 Å². The summed E-state index contributed by atoms with van der Waals surface area (Å²) in [5, 5.41) is 20.7. The van der Waals surface area contributed by atoms with E-state index >= 15 is 0 Å². The molecule has 0 unspecified atom stereocenters. The number of rotatable bonds is 13. The lowest BCUT2D eigenvalue weighted by atomic mass is 9.99. The van der Waals surface area contributed by atoms with Crippen molar-refractivity contribution in [2.45, 2.75) is 64.8 Å². The van der Waals surface area contributed by atoms with Gasteiger partial charge < -0.3 is 10.2 Å². The molecule has 4 rings (SSSR count). The van der Waals surface area contributed by atoms with Crippen molar-refractivity contribution in [3.8, 4) is 0 Å². The van der Waals surface area contributed by atoms with Gasteiger partial charge in [0.05, 0.1) is 12.6 Å². The highest BCUT2D eigenvalue weighted by atomic mass is 32.1. The van der Waals surface area contributed by atoms with Crippen LogP contribution in [-0.2, 0) is 24.2 Å². The van der Waals surface area contributed by atoms with Crippen molar-refractivity contribution in [1.29, 1.82) is 0 Å². The number of aryl methyl sites for hydroxylation is 2. The number of unbranched alkanes of at least 4 members (excludes halogenated alkanes) is 1. The fourth-order valence-electron chi connectivity index (χ4n) is 4.31. The molecule has 36 heavy (non-hydrogen) atoms. The molecule has 9 nitrogen and oxygen atoms in total. The minimum atomic E-state index is -0.0958. The molecule has 0 saturated carbocycles. The van der Waals surface area contributed by atoms with Gasteiger partial charge in [0.2, 0.25) is 11.0 Å². The maximum absolute atomic E-state index is 12.5. The van der Waals surface area contributed by atoms with Crippen LogP contribution >= 0.6 is 11.3 Å². The van der Waals surface area contributed by atoms with Gasteiger partial charge in [-0.25, -0.2) is 0 Å². The Kier molecular flexibility index (Phi) is 9.68. The molecule has 0 aliphatic carbocycles. The number of nitrogens with zero attached hydrogens (tertiary/aromatic N) is 6. The molecule has 1 N–H and O–H groups in total. The fraction of sp³-hybridized carbons (Fsp3) is 0.538. The fourth-order valence-corrected chi connectivity index (χ4v) is 5.11. The third-order valence-electron chi connectivity index (χ3n) is 6.53. The monoisotopic (exact) mass is 509 g/mol. The number of carbonyl (C=O) groups excluding carboxylic acids is 2. The van der Waals surface area contributed by atoms with Crippen LogP contribution in [-0.4, -0.2) is 61.4 Å². The van der Waals surface area contributed by atoms with Crippen LogP contribution in [0.2, 0.25) is 0 Å². The number of hydrogen-bond donors (Lipinski definition) is 1. The van der Waals surface area contributed by atoms with E-state index in [4.69, 9.17) is 0 Å². The van der Waals surface area contributed by atoms with E-state index < -0.39 is 0 Å². The van der Waals surface area contributed by atoms with Gasteiger partial charge in [-0.05, 0) is 63.2 Å². The van der Waals surface area contributed by atoms with Crippen molar-refractivity contribution in [3.63, 3.8) is 0 Å². The lowest BCUT2D eigenvalue weighted by Crippen LogP contribution is -2.33. The Morgan fingerprint density at radius 3 is 2.64 bits per heavy atom. The predicted molar refractivity (Wildman–Crippen MR) is 140 cm³/mol. The SMILES string of the molecule is CC1CCN(CCCC(=O)c2cn(CCCCc3nnc(NC(=O)Cc4ccccc4)s3)nn2)CC1. The van der Waals surface area contributed by atoms with Crippen LogP contribution < -0.4 is 5.32 Å². The number of piperidine rings is 1. The number of likely N-dealkylation sites (tertiary alicyclic amines) is 1. The van der Waals surface area contributed by atoms with Crippen molar-refractivity contribution >= 4 is 28.2 Å². The minimum Gasteiger partial charge on any atom is -0.303 e. The average Bonchev–Trinajstić information content (AvgIpc) is 3.53. The number of anilines is 1. The highest BCUT2D eigenvalue weighted by Gasteiger charge is 2.16. The molecule has 1 aromatic carbocycles. The Morgan fingerprint density at radius 2 is 1.83 bits per heavy atom. The molecule has 1 amide bonds. The zero-order chi connectivity index (χ0) is 25.2. The van der Waals surface area contributed by atoms with Crippen LogP contribution in [0.25, 0.3) is 0 Å². The molecule has 1 fully saturated rings. The van der Waals surface area contributed by atoms with Gasteiger partial charge in [-0.15, -0.1) is 15.3 Å². The molecule has 2 aromatic heterocycles. The molecule has 0 radical (unpaired) electrons. The zero-order valence-corrected chi connectivity index (χ0v) is 21.8. The van der Waals surface area contributed by atoms with Gasteiger partial charge in [-0.3, -0.25) is 14.3 Å². The number of aromatic nitrogens is 5. The third kappa shape index (κ3) is 8.30. The summed E-state index contributed by atoms with van der Waals surface area (Å²) in [4.78, 5) is 27.1. The van der Waals surface area contributed by atoms with Crippen molar-refractivity contribution in [2.24, 2.45) is 5.92 Å². The molecule has 1 saturated heterocycles. The molecule has 0 spiro atoms.